The van der Waals surface area contributed by atoms with E-state index in [1.165, 1.54) is 0 Å². The molecule has 0 fully saturated rings. The van der Waals surface area contributed by atoms with E-state index >= 15 is 0 Å². The van der Waals surface area contributed by atoms with E-state index in [0.29, 0.717) is 12.1 Å². The number of benzene rings is 2. The second kappa shape index (κ2) is 7.55. The average Bonchev–Trinajstić information content (AvgIpc) is 2.53. The van der Waals surface area contributed by atoms with Crippen LogP contribution < -0.4 is 5.32 Å². The quantitative estimate of drug-likeness (QED) is 0.313. The number of nitro groups is 2. The van der Waals surface area contributed by atoms with Gasteiger partial charge in [0, 0.05) is 11.1 Å². The molecule has 156 valence electrons. The van der Waals surface area contributed by atoms with Crippen LogP contribution in [0.1, 0.15) is 11.1 Å². The molecule has 0 saturated carbocycles. The first-order valence-electron chi connectivity index (χ1n) is 7.00. The molecule has 0 aliphatic rings. The predicted molar refractivity (Wildman–Crippen MR) is 89.5 cm³/mol. The maximum Gasteiger partial charge on any atom is 0.418 e. The first-order chi connectivity index (χ1) is 13.1. The van der Waals surface area contributed by atoms with Crippen LogP contribution >= 0.6 is 23.2 Å². The topological polar surface area (TPSA) is 98.3 Å². The van der Waals surface area contributed by atoms with Crippen molar-refractivity contribution in [2.75, 3.05) is 5.32 Å². The van der Waals surface area contributed by atoms with Crippen molar-refractivity contribution in [3.8, 4) is 0 Å². The van der Waals surface area contributed by atoms with Crippen molar-refractivity contribution in [1.29, 1.82) is 0 Å². The number of anilines is 2. The van der Waals surface area contributed by atoms with Crippen molar-refractivity contribution >= 4 is 46.0 Å². The summed E-state index contributed by atoms with van der Waals surface area (Å²) >= 11 is 10.9. The molecule has 0 aliphatic carbocycles. The molecule has 0 aliphatic heterocycles. The summed E-state index contributed by atoms with van der Waals surface area (Å²) in [6, 6.07) is 1.95. The van der Waals surface area contributed by atoms with Crippen molar-refractivity contribution in [3.63, 3.8) is 0 Å². The molecule has 0 heterocycles. The summed E-state index contributed by atoms with van der Waals surface area (Å²) in [5, 5.41) is 22.4. The largest absolute Gasteiger partial charge is 0.418 e. The number of rotatable bonds is 4. The first-order valence-corrected chi connectivity index (χ1v) is 7.76. The first kappa shape index (κ1) is 22.5. The van der Waals surface area contributed by atoms with Crippen LogP contribution in [0.4, 0.5) is 49.1 Å². The van der Waals surface area contributed by atoms with Gasteiger partial charge in [0.15, 0.2) is 5.69 Å². The molecule has 0 atom stereocenters. The highest BCUT2D eigenvalue weighted by Crippen LogP contribution is 2.49. The zero-order valence-electron chi connectivity index (χ0n) is 13.4. The number of alkyl halides is 6. The van der Waals surface area contributed by atoms with Gasteiger partial charge in [0.05, 0.1) is 26.7 Å². The van der Waals surface area contributed by atoms with E-state index in [1.54, 1.807) is 0 Å². The van der Waals surface area contributed by atoms with Gasteiger partial charge in [0.2, 0.25) is 0 Å². The van der Waals surface area contributed by atoms with Crippen molar-refractivity contribution in [1.82, 2.24) is 0 Å². The molecule has 2 aromatic carbocycles. The third kappa shape index (κ3) is 4.62. The Labute approximate surface area is 166 Å². The monoisotopic (exact) mass is 463 g/mol. The van der Waals surface area contributed by atoms with E-state index < -0.39 is 61.1 Å². The number of hydrogen-bond acceptors (Lipinski definition) is 5. The standard InChI is InChI=1S/C14H5Cl2F6N3O4/c15-5-1-2-8(6(3-5)13(17,18)19)23-11-9(24(26)27)4-7(14(20,21)22)10(16)12(11)25(28)29/h1-4,23H. The summed E-state index contributed by atoms with van der Waals surface area (Å²) in [6.07, 6.45) is -10.4. The fraction of sp³-hybridized carbons (Fsp3) is 0.143. The minimum absolute atomic E-state index is 0.110. The van der Waals surface area contributed by atoms with Gasteiger partial charge in [0.25, 0.3) is 0 Å². The van der Waals surface area contributed by atoms with Crippen LogP contribution in [0.3, 0.4) is 0 Å². The third-order valence-corrected chi connectivity index (χ3v) is 4.07. The fourth-order valence-corrected chi connectivity index (χ4v) is 2.77. The van der Waals surface area contributed by atoms with Crippen molar-refractivity contribution in [3.05, 3.63) is 65.7 Å². The summed E-state index contributed by atoms with van der Waals surface area (Å²) in [5.74, 6) is 0. The summed E-state index contributed by atoms with van der Waals surface area (Å²) in [4.78, 5) is 19.6. The Morgan fingerprint density at radius 2 is 1.41 bits per heavy atom. The highest BCUT2D eigenvalue weighted by Gasteiger charge is 2.43. The fourth-order valence-electron chi connectivity index (χ4n) is 2.27. The molecule has 7 nitrogen and oxygen atoms in total. The molecule has 0 saturated heterocycles. The molecule has 0 aromatic heterocycles. The lowest BCUT2D eigenvalue weighted by molar-refractivity contribution is -0.392. The Balaban J connectivity index is 2.85. The molecule has 0 spiro atoms. The van der Waals surface area contributed by atoms with Crippen LogP contribution in [0.15, 0.2) is 24.3 Å². The number of nitro benzene ring substituents is 2. The Morgan fingerprint density at radius 3 is 1.86 bits per heavy atom. The summed E-state index contributed by atoms with van der Waals surface area (Å²) in [7, 11) is 0. The molecule has 0 unspecified atom stereocenters. The molecule has 2 aromatic rings. The van der Waals surface area contributed by atoms with E-state index in [2.05, 4.69) is 0 Å². The van der Waals surface area contributed by atoms with Crippen LogP contribution in [0.5, 0.6) is 0 Å². The van der Waals surface area contributed by atoms with E-state index in [4.69, 9.17) is 23.2 Å². The molecule has 1 N–H and O–H groups in total. The number of halogens is 8. The number of nitrogens with zero attached hydrogens (tertiary/aromatic N) is 2. The summed E-state index contributed by atoms with van der Waals surface area (Å²) in [6.45, 7) is 0. The second-order valence-corrected chi connectivity index (χ2v) is 6.12. The third-order valence-electron chi connectivity index (χ3n) is 3.45. The van der Waals surface area contributed by atoms with Gasteiger partial charge in [-0.25, -0.2) is 0 Å². The lowest BCUT2D eigenvalue weighted by Crippen LogP contribution is -2.13. The molecule has 2 rings (SSSR count). The van der Waals surface area contributed by atoms with Gasteiger partial charge in [-0.1, -0.05) is 23.2 Å². The second-order valence-electron chi connectivity index (χ2n) is 5.31. The van der Waals surface area contributed by atoms with E-state index in [-0.39, 0.29) is 11.1 Å². The summed E-state index contributed by atoms with van der Waals surface area (Å²) < 4.78 is 78.8. The Hall–Kier alpha value is -2.80. The van der Waals surface area contributed by atoms with Crippen molar-refractivity contribution in [2.24, 2.45) is 0 Å². The molecule has 15 heteroatoms. The van der Waals surface area contributed by atoms with Crippen LogP contribution in [0.25, 0.3) is 0 Å². The maximum absolute atomic E-state index is 13.2. The lowest BCUT2D eigenvalue weighted by Gasteiger charge is -2.17. The molecule has 0 radical (unpaired) electrons. The smallest absolute Gasteiger partial charge is 0.344 e. The van der Waals surface area contributed by atoms with Gasteiger partial charge < -0.3 is 5.32 Å². The Kier molecular flexibility index (Phi) is 5.86. The molecular weight excluding hydrogens is 459 g/mol. The van der Waals surface area contributed by atoms with Gasteiger partial charge in [-0.2, -0.15) is 26.3 Å². The van der Waals surface area contributed by atoms with Crippen LogP contribution in [-0.2, 0) is 12.4 Å². The lowest BCUT2D eigenvalue weighted by atomic mass is 10.1. The van der Waals surface area contributed by atoms with Gasteiger partial charge in [-0.3, -0.25) is 20.2 Å². The van der Waals surface area contributed by atoms with E-state index in [9.17, 15) is 46.6 Å². The Morgan fingerprint density at radius 1 is 0.862 bits per heavy atom. The average molecular weight is 464 g/mol. The van der Waals surface area contributed by atoms with Gasteiger partial charge in [0.1, 0.15) is 5.02 Å². The van der Waals surface area contributed by atoms with Crippen LogP contribution in [0, 0.1) is 20.2 Å². The zero-order valence-corrected chi connectivity index (χ0v) is 14.9. The normalized spacial score (nSPS) is 12.0. The van der Waals surface area contributed by atoms with E-state index in [0.717, 1.165) is 6.07 Å². The van der Waals surface area contributed by atoms with Crippen molar-refractivity contribution < 1.29 is 36.2 Å². The molecule has 0 bridgehead atoms. The Bertz CT molecular complexity index is 1010. The minimum atomic E-state index is -5.30. The highest BCUT2D eigenvalue weighted by atomic mass is 35.5. The molecule has 29 heavy (non-hydrogen) atoms. The number of hydrogen-bond donors (Lipinski definition) is 1. The predicted octanol–water partition coefficient (Wildman–Crippen LogP) is 6.59. The SMILES string of the molecule is O=[N+]([O-])c1cc(C(F)(F)F)c(Cl)c([N+](=O)[O-])c1Nc1ccc(Cl)cc1C(F)(F)F. The number of nitrogens with one attached hydrogen (secondary N) is 1. The summed E-state index contributed by atoms with van der Waals surface area (Å²) in [5.41, 5.74) is -8.66. The zero-order chi connectivity index (χ0) is 22.3. The van der Waals surface area contributed by atoms with Crippen molar-refractivity contribution in [2.45, 2.75) is 12.4 Å². The van der Waals surface area contributed by atoms with Crippen LogP contribution in [-0.4, -0.2) is 9.85 Å². The van der Waals surface area contributed by atoms with Crippen LogP contribution in [0.2, 0.25) is 10.0 Å². The van der Waals surface area contributed by atoms with Gasteiger partial charge in [-0.15, -0.1) is 0 Å². The van der Waals surface area contributed by atoms with Gasteiger partial charge >= 0.3 is 23.7 Å². The maximum atomic E-state index is 13.2. The molecular formula is C14H5Cl2F6N3O4. The van der Waals surface area contributed by atoms with E-state index in [1.807, 2.05) is 5.32 Å². The molecule has 0 amide bonds. The minimum Gasteiger partial charge on any atom is -0.344 e. The van der Waals surface area contributed by atoms with Gasteiger partial charge in [-0.05, 0) is 18.2 Å². The highest BCUT2D eigenvalue weighted by molar-refractivity contribution is 6.34.